The summed E-state index contributed by atoms with van der Waals surface area (Å²) in [6.45, 7) is 3.23. The molecule has 0 fully saturated rings. The Labute approximate surface area is 86.9 Å². The number of carboxylic acid groups (broad SMARTS) is 1. The first-order valence-electron chi connectivity index (χ1n) is 4.68. The normalized spacial score (nSPS) is 14.6. The summed E-state index contributed by atoms with van der Waals surface area (Å²) in [4.78, 5) is 19.3. The van der Waals surface area contributed by atoms with E-state index in [-0.39, 0.29) is 5.56 Å². The number of rotatable bonds is 2. The summed E-state index contributed by atoms with van der Waals surface area (Å²) in [6.07, 6.45) is 0. The van der Waals surface area contributed by atoms with Crippen LogP contribution in [0.15, 0.2) is 17.1 Å². The van der Waals surface area contributed by atoms with Gasteiger partial charge in [-0.25, -0.2) is 9.78 Å². The lowest BCUT2D eigenvalue weighted by Crippen LogP contribution is -2.23. The van der Waals surface area contributed by atoms with Gasteiger partial charge in [0, 0.05) is 12.2 Å². The van der Waals surface area contributed by atoms with E-state index in [1.165, 1.54) is 0 Å². The van der Waals surface area contributed by atoms with Crippen LogP contribution in [0.1, 0.15) is 21.7 Å². The molecular weight excluding hydrogens is 194 g/mol. The Morgan fingerprint density at radius 3 is 2.93 bits per heavy atom. The number of carboxylic acids is 1. The molecule has 5 nitrogen and oxygen atoms in total. The Hall–Kier alpha value is -1.91. The van der Waals surface area contributed by atoms with Gasteiger partial charge in [0.15, 0.2) is 0 Å². The van der Waals surface area contributed by atoms with Crippen LogP contribution in [0.25, 0.3) is 0 Å². The summed E-state index contributed by atoms with van der Waals surface area (Å²) in [5.41, 5.74) is 1.40. The molecule has 2 heterocycles. The molecule has 0 saturated carbocycles. The van der Waals surface area contributed by atoms with E-state index in [2.05, 4.69) is 15.3 Å². The third-order valence-corrected chi connectivity index (χ3v) is 2.16. The van der Waals surface area contributed by atoms with E-state index in [4.69, 9.17) is 5.11 Å². The topological polar surface area (TPSA) is 74.6 Å². The molecule has 0 aliphatic carbocycles. The third-order valence-electron chi connectivity index (χ3n) is 2.16. The minimum Gasteiger partial charge on any atom is -0.478 e. The molecule has 1 aromatic heterocycles. The highest BCUT2D eigenvalue weighted by molar-refractivity contribution is 6.06. The number of nitrogens with one attached hydrogen (secondary N) is 1. The zero-order chi connectivity index (χ0) is 10.8. The number of aromatic carboxylic acids is 1. The van der Waals surface area contributed by atoms with E-state index >= 15 is 0 Å². The number of aromatic nitrogens is 1. The summed E-state index contributed by atoms with van der Waals surface area (Å²) in [5, 5.41) is 12.0. The fourth-order valence-corrected chi connectivity index (χ4v) is 1.47. The van der Waals surface area contributed by atoms with Gasteiger partial charge in [0.2, 0.25) is 0 Å². The van der Waals surface area contributed by atoms with Crippen LogP contribution in [0, 0.1) is 6.92 Å². The van der Waals surface area contributed by atoms with Crippen LogP contribution in [0.3, 0.4) is 0 Å². The van der Waals surface area contributed by atoms with Gasteiger partial charge >= 0.3 is 5.97 Å². The van der Waals surface area contributed by atoms with Gasteiger partial charge in [-0.3, -0.25) is 4.99 Å². The molecule has 78 valence electrons. The second-order valence-corrected chi connectivity index (χ2v) is 3.31. The van der Waals surface area contributed by atoms with Gasteiger partial charge in [-0.15, -0.1) is 0 Å². The summed E-state index contributed by atoms with van der Waals surface area (Å²) < 4.78 is 0. The molecule has 0 spiro atoms. The second-order valence-electron chi connectivity index (χ2n) is 3.31. The zero-order valence-corrected chi connectivity index (χ0v) is 8.32. The number of hydrogen-bond acceptors (Lipinski definition) is 4. The summed E-state index contributed by atoms with van der Waals surface area (Å²) in [6, 6.07) is 3.24. The number of hydrogen-bond donors (Lipinski definition) is 2. The maximum absolute atomic E-state index is 11.0. The van der Waals surface area contributed by atoms with Crippen LogP contribution in [-0.2, 0) is 0 Å². The van der Waals surface area contributed by atoms with Gasteiger partial charge in [-0.2, -0.15) is 0 Å². The minimum atomic E-state index is -0.978. The van der Waals surface area contributed by atoms with Crippen molar-refractivity contribution in [1.82, 2.24) is 10.3 Å². The number of aryl methyl sites for hydroxylation is 1. The molecule has 15 heavy (non-hydrogen) atoms. The molecule has 1 aliphatic rings. The van der Waals surface area contributed by atoms with Crippen LogP contribution >= 0.6 is 0 Å². The molecule has 0 amide bonds. The first-order valence-corrected chi connectivity index (χ1v) is 4.68. The smallest absolute Gasteiger partial charge is 0.338 e. The highest BCUT2D eigenvalue weighted by atomic mass is 16.4. The Bertz CT molecular complexity index is 440. The number of pyridine rings is 1. The quantitative estimate of drug-likeness (QED) is 0.734. The number of aliphatic imine (C=N–C) groups is 1. The Balaban J connectivity index is 2.51. The lowest BCUT2D eigenvalue weighted by Gasteiger charge is -2.06. The van der Waals surface area contributed by atoms with Crippen molar-refractivity contribution in [3.63, 3.8) is 0 Å². The van der Waals surface area contributed by atoms with Crippen molar-refractivity contribution in [3.05, 3.63) is 29.1 Å². The zero-order valence-electron chi connectivity index (χ0n) is 8.32. The molecule has 0 radical (unpaired) electrons. The van der Waals surface area contributed by atoms with Crippen LogP contribution in [-0.4, -0.2) is 35.0 Å². The molecular formula is C10H11N3O2. The highest BCUT2D eigenvalue weighted by Gasteiger charge is 2.18. The Morgan fingerprint density at radius 1 is 1.53 bits per heavy atom. The highest BCUT2D eigenvalue weighted by Crippen LogP contribution is 2.09. The van der Waals surface area contributed by atoms with Gasteiger partial charge in [-0.1, -0.05) is 0 Å². The minimum absolute atomic E-state index is 0.189. The van der Waals surface area contributed by atoms with Crippen LogP contribution < -0.4 is 5.32 Å². The average molecular weight is 205 g/mol. The maximum Gasteiger partial charge on any atom is 0.338 e. The fraction of sp³-hybridized carbons (Fsp3) is 0.300. The van der Waals surface area contributed by atoms with Crippen LogP contribution in [0.4, 0.5) is 0 Å². The first kappa shape index (κ1) is 9.64. The molecule has 2 N–H and O–H groups in total. The van der Waals surface area contributed by atoms with Crippen molar-refractivity contribution in [1.29, 1.82) is 0 Å². The van der Waals surface area contributed by atoms with Gasteiger partial charge in [0.25, 0.3) is 0 Å². The molecule has 0 unspecified atom stereocenters. The Morgan fingerprint density at radius 2 is 2.33 bits per heavy atom. The second kappa shape index (κ2) is 3.68. The van der Waals surface area contributed by atoms with Crippen molar-refractivity contribution in [3.8, 4) is 0 Å². The average Bonchev–Trinajstić information content (AvgIpc) is 2.69. The van der Waals surface area contributed by atoms with E-state index in [1.54, 1.807) is 12.1 Å². The molecule has 0 saturated heterocycles. The number of nitrogens with zero attached hydrogens (tertiary/aromatic N) is 2. The molecule has 0 aromatic carbocycles. The van der Waals surface area contributed by atoms with Gasteiger partial charge < -0.3 is 10.4 Å². The van der Waals surface area contributed by atoms with E-state index in [0.29, 0.717) is 18.1 Å². The van der Waals surface area contributed by atoms with E-state index < -0.39 is 5.97 Å². The van der Waals surface area contributed by atoms with Crippen LogP contribution in [0.5, 0.6) is 0 Å². The molecule has 1 aromatic rings. The molecule has 0 bridgehead atoms. The molecule has 5 heteroatoms. The van der Waals surface area contributed by atoms with Gasteiger partial charge in [0.1, 0.15) is 11.5 Å². The van der Waals surface area contributed by atoms with Crippen molar-refractivity contribution < 1.29 is 9.90 Å². The largest absolute Gasteiger partial charge is 0.478 e. The molecule has 2 rings (SSSR count). The lowest BCUT2D eigenvalue weighted by molar-refractivity contribution is 0.0696. The first-order chi connectivity index (χ1) is 7.18. The monoisotopic (exact) mass is 205 g/mol. The predicted molar refractivity (Wildman–Crippen MR) is 55.3 cm³/mol. The van der Waals surface area contributed by atoms with Crippen molar-refractivity contribution in [2.24, 2.45) is 4.99 Å². The lowest BCUT2D eigenvalue weighted by atomic mass is 10.1. The van der Waals surface area contributed by atoms with Crippen molar-refractivity contribution in [2.75, 3.05) is 13.1 Å². The van der Waals surface area contributed by atoms with E-state index in [1.807, 2.05) is 6.92 Å². The standard InChI is InChI=1S/C10H11N3O2/c1-6-2-3-7(10(14)15)8(13-6)9-11-4-5-12-9/h2-3H,4-5H2,1H3,(H,11,12)(H,14,15). The van der Waals surface area contributed by atoms with E-state index in [9.17, 15) is 4.79 Å². The summed E-state index contributed by atoms with van der Waals surface area (Å²) in [7, 11) is 0. The van der Waals surface area contributed by atoms with Gasteiger partial charge in [0.05, 0.1) is 12.1 Å². The third kappa shape index (κ3) is 1.81. The predicted octanol–water partition coefficient (Wildman–Crippen LogP) is 0.438. The van der Waals surface area contributed by atoms with Gasteiger partial charge in [-0.05, 0) is 19.1 Å². The Kier molecular flexibility index (Phi) is 2.37. The molecule has 1 aliphatic heterocycles. The SMILES string of the molecule is Cc1ccc(C(=O)O)c(C2=NCCN2)n1. The van der Waals surface area contributed by atoms with Crippen molar-refractivity contribution >= 4 is 11.8 Å². The fourth-order valence-electron chi connectivity index (χ4n) is 1.47. The maximum atomic E-state index is 11.0. The number of carbonyl (C=O) groups is 1. The van der Waals surface area contributed by atoms with Crippen molar-refractivity contribution in [2.45, 2.75) is 6.92 Å². The summed E-state index contributed by atoms with van der Waals surface area (Å²) >= 11 is 0. The van der Waals surface area contributed by atoms with Crippen LogP contribution in [0.2, 0.25) is 0 Å². The van der Waals surface area contributed by atoms with E-state index in [0.717, 1.165) is 12.2 Å². The number of amidine groups is 1. The molecule has 0 atom stereocenters. The summed E-state index contributed by atoms with van der Waals surface area (Å²) in [5.74, 6) is -0.398.